The van der Waals surface area contributed by atoms with Crippen LogP contribution in [-0.4, -0.2) is 54.7 Å². The Bertz CT molecular complexity index is 847. The van der Waals surface area contributed by atoms with Gasteiger partial charge in [0, 0.05) is 44.5 Å². The number of hydrogen-bond donors (Lipinski definition) is 1. The van der Waals surface area contributed by atoms with E-state index in [-0.39, 0.29) is 18.7 Å². The molecule has 2 aromatic carbocycles. The zero-order chi connectivity index (χ0) is 19.5. The van der Waals surface area contributed by atoms with E-state index in [9.17, 15) is 4.79 Å². The molecule has 6 heteroatoms. The van der Waals surface area contributed by atoms with Gasteiger partial charge < -0.3 is 14.8 Å². The molecule has 0 bridgehead atoms. The van der Waals surface area contributed by atoms with Crippen molar-refractivity contribution < 1.29 is 14.3 Å². The molecular weight excluding hydrogens is 354 g/mol. The van der Waals surface area contributed by atoms with Gasteiger partial charge in [0.1, 0.15) is 0 Å². The summed E-state index contributed by atoms with van der Waals surface area (Å²) in [5, 5.41) is 3.00. The highest BCUT2D eigenvalue weighted by atomic mass is 16.7. The Morgan fingerprint density at radius 3 is 2.61 bits per heavy atom. The second-order valence-corrected chi connectivity index (χ2v) is 7.47. The molecule has 0 aromatic heterocycles. The van der Waals surface area contributed by atoms with Crippen molar-refractivity contribution in [1.29, 1.82) is 0 Å². The van der Waals surface area contributed by atoms with Crippen molar-refractivity contribution in [2.75, 3.05) is 38.3 Å². The van der Waals surface area contributed by atoms with Gasteiger partial charge in [-0.25, -0.2) is 0 Å². The molecule has 1 amide bonds. The van der Waals surface area contributed by atoms with E-state index in [0.717, 1.165) is 44.2 Å². The van der Waals surface area contributed by atoms with E-state index in [1.807, 2.05) is 25.1 Å². The molecule has 6 nitrogen and oxygen atoms in total. The van der Waals surface area contributed by atoms with E-state index in [2.05, 4.69) is 46.3 Å². The number of nitrogens with one attached hydrogen (secondary N) is 1. The van der Waals surface area contributed by atoms with Gasteiger partial charge in [0.25, 0.3) is 0 Å². The number of carbonyl (C=O) groups is 1. The molecule has 0 aliphatic carbocycles. The number of rotatable bonds is 5. The second kappa shape index (κ2) is 8.20. The molecule has 0 unspecified atom stereocenters. The van der Waals surface area contributed by atoms with Gasteiger partial charge in [-0.05, 0) is 37.1 Å². The van der Waals surface area contributed by atoms with Gasteiger partial charge in [0.05, 0.1) is 6.04 Å². The maximum absolute atomic E-state index is 12.7. The Kier molecular flexibility index (Phi) is 5.50. The number of aryl methyl sites for hydroxylation is 1. The number of amides is 1. The summed E-state index contributed by atoms with van der Waals surface area (Å²) in [6.07, 6.45) is 0. The molecule has 1 N–H and O–H groups in total. The number of fused-ring (bicyclic) bond motifs is 1. The standard InChI is InChI=1S/C22H27N3O3/c1-16-5-3-4-6-18(16)14-24-9-11-25(12-10-24)17(2)22(26)23-19-7-8-20-21(13-19)28-15-27-20/h3-8,13,17H,9-12,14-15H2,1-2H3,(H,23,26)/t17-/m0/s1. The summed E-state index contributed by atoms with van der Waals surface area (Å²) >= 11 is 0. The predicted molar refractivity (Wildman–Crippen MR) is 109 cm³/mol. The van der Waals surface area contributed by atoms with Crippen LogP contribution in [0.4, 0.5) is 5.69 Å². The highest BCUT2D eigenvalue weighted by Gasteiger charge is 2.26. The zero-order valence-corrected chi connectivity index (χ0v) is 16.5. The van der Waals surface area contributed by atoms with Crippen LogP contribution in [0.15, 0.2) is 42.5 Å². The largest absolute Gasteiger partial charge is 0.454 e. The van der Waals surface area contributed by atoms with Crippen LogP contribution in [0.5, 0.6) is 11.5 Å². The highest BCUT2D eigenvalue weighted by molar-refractivity contribution is 5.94. The third-order valence-electron chi connectivity index (χ3n) is 5.63. The van der Waals surface area contributed by atoms with Gasteiger partial charge in [0.2, 0.25) is 12.7 Å². The summed E-state index contributed by atoms with van der Waals surface area (Å²) in [6.45, 7) is 9.05. The molecule has 4 rings (SSSR count). The van der Waals surface area contributed by atoms with Crippen LogP contribution in [0.2, 0.25) is 0 Å². The van der Waals surface area contributed by atoms with Crippen molar-refractivity contribution in [2.24, 2.45) is 0 Å². The van der Waals surface area contributed by atoms with E-state index in [1.165, 1.54) is 11.1 Å². The molecule has 1 saturated heterocycles. The minimum Gasteiger partial charge on any atom is -0.454 e. The van der Waals surface area contributed by atoms with E-state index < -0.39 is 0 Å². The van der Waals surface area contributed by atoms with Crippen molar-refractivity contribution in [3.8, 4) is 11.5 Å². The Morgan fingerprint density at radius 2 is 1.82 bits per heavy atom. The van der Waals surface area contributed by atoms with Crippen LogP contribution < -0.4 is 14.8 Å². The van der Waals surface area contributed by atoms with Crippen LogP contribution in [0.1, 0.15) is 18.1 Å². The average molecular weight is 381 g/mol. The fourth-order valence-electron chi connectivity index (χ4n) is 3.72. The lowest BCUT2D eigenvalue weighted by Crippen LogP contribution is -2.52. The summed E-state index contributed by atoms with van der Waals surface area (Å²) < 4.78 is 10.7. The topological polar surface area (TPSA) is 54.0 Å². The Balaban J connectivity index is 1.29. The summed E-state index contributed by atoms with van der Waals surface area (Å²) in [5.41, 5.74) is 3.45. The SMILES string of the molecule is Cc1ccccc1CN1CCN([C@@H](C)C(=O)Nc2ccc3c(c2)OCO3)CC1. The molecule has 2 aromatic rings. The first-order valence-electron chi connectivity index (χ1n) is 9.81. The molecule has 1 fully saturated rings. The summed E-state index contributed by atoms with van der Waals surface area (Å²) in [5.74, 6) is 1.40. The number of hydrogen-bond acceptors (Lipinski definition) is 5. The molecule has 148 valence electrons. The summed E-state index contributed by atoms with van der Waals surface area (Å²) in [4.78, 5) is 17.4. The van der Waals surface area contributed by atoms with E-state index in [0.29, 0.717) is 5.75 Å². The van der Waals surface area contributed by atoms with Crippen molar-refractivity contribution in [2.45, 2.75) is 26.4 Å². The number of benzene rings is 2. The molecule has 1 atom stereocenters. The summed E-state index contributed by atoms with van der Waals surface area (Å²) in [6, 6.07) is 13.8. The van der Waals surface area contributed by atoms with Gasteiger partial charge in [-0.1, -0.05) is 24.3 Å². The zero-order valence-electron chi connectivity index (χ0n) is 16.5. The van der Waals surface area contributed by atoms with Gasteiger partial charge in [-0.2, -0.15) is 0 Å². The number of piperazine rings is 1. The van der Waals surface area contributed by atoms with Crippen LogP contribution in [0, 0.1) is 6.92 Å². The van der Waals surface area contributed by atoms with Crippen molar-refractivity contribution in [3.05, 3.63) is 53.6 Å². The third kappa shape index (κ3) is 4.13. The number of anilines is 1. The summed E-state index contributed by atoms with van der Waals surface area (Å²) in [7, 11) is 0. The van der Waals surface area contributed by atoms with Crippen molar-refractivity contribution >= 4 is 11.6 Å². The molecular formula is C22H27N3O3. The molecule has 0 saturated carbocycles. The monoisotopic (exact) mass is 381 g/mol. The normalized spacial score (nSPS) is 18.1. The second-order valence-electron chi connectivity index (χ2n) is 7.47. The molecule has 2 heterocycles. The number of ether oxygens (including phenoxy) is 2. The maximum Gasteiger partial charge on any atom is 0.241 e. The molecule has 2 aliphatic heterocycles. The molecule has 0 radical (unpaired) electrons. The lowest BCUT2D eigenvalue weighted by molar-refractivity contribution is -0.121. The first-order valence-corrected chi connectivity index (χ1v) is 9.81. The lowest BCUT2D eigenvalue weighted by Gasteiger charge is -2.37. The van der Waals surface area contributed by atoms with Gasteiger partial charge in [-0.3, -0.25) is 14.6 Å². The van der Waals surface area contributed by atoms with E-state index >= 15 is 0 Å². The van der Waals surface area contributed by atoms with Crippen molar-refractivity contribution in [1.82, 2.24) is 9.80 Å². The fraction of sp³-hybridized carbons (Fsp3) is 0.409. The van der Waals surface area contributed by atoms with Gasteiger partial charge >= 0.3 is 0 Å². The maximum atomic E-state index is 12.7. The van der Waals surface area contributed by atoms with Crippen LogP contribution in [0.25, 0.3) is 0 Å². The van der Waals surface area contributed by atoms with Crippen molar-refractivity contribution in [3.63, 3.8) is 0 Å². The van der Waals surface area contributed by atoms with Crippen LogP contribution in [-0.2, 0) is 11.3 Å². The smallest absolute Gasteiger partial charge is 0.241 e. The predicted octanol–water partition coefficient (Wildman–Crippen LogP) is 2.87. The minimum absolute atomic E-state index is 0.00576. The van der Waals surface area contributed by atoms with Crippen LogP contribution >= 0.6 is 0 Å². The van der Waals surface area contributed by atoms with E-state index in [1.54, 1.807) is 0 Å². The number of nitrogens with zero attached hydrogens (tertiary/aromatic N) is 2. The molecule has 28 heavy (non-hydrogen) atoms. The molecule has 2 aliphatic rings. The molecule has 0 spiro atoms. The highest BCUT2D eigenvalue weighted by Crippen LogP contribution is 2.34. The Hall–Kier alpha value is -2.57. The first-order chi connectivity index (χ1) is 13.6. The number of carbonyl (C=O) groups excluding carboxylic acids is 1. The van der Waals surface area contributed by atoms with Gasteiger partial charge in [0.15, 0.2) is 11.5 Å². The Morgan fingerprint density at radius 1 is 1.07 bits per heavy atom. The average Bonchev–Trinajstić information content (AvgIpc) is 3.17. The van der Waals surface area contributed by atoms with Gasteiger partial charge in [-0.15, -0.1) is 0 Å². The Labute approximate surface area is 166 Å². The first kappa shape index (κ1) is 18.8. The third-order valence-corrected chi connectivity index (χ3v) is 5.63. The fourth-order valence-corrected chi connectivity index (χ4v) is 3.72. The quantitative estimate of drug-likeness (QED) is 0.863. The minimum atomic E-state index is -0.175. The van der Waals surface area contributed by atoms with Crippen LogP contribution in [0.3, 0.4) is 0 Å². The van der Waals surface area contributed by atoms with E-state index in [4.69, 9.17) is 9.47 Å². The lowest BCUT2D eigenvalue weighted by atomic mass is 10.1.